The van der Waals surface area contributed by atoms with Crippen molar-refractivity contribution in [1.29, 1.82) is 0 Å². The molecule has 0 N–H and O–H groups in total. The van der Waals surface area contributed by atoms with E-state index in [4.69, 9.17) is 0 Å². The average molecular weight is 347 g/mol. The highest BCUT2D eigenvalue weighted by Gasteiger charge is 2.00. The fourth-order valence-corrected chi connectivity index (χ4v) is 3.61. The zero-order chi connectivity index (χ0) is 18.5. The minimum Gasteiger partial charge on any atom is -0.0985 e. The van der Waals surface area contributed by atoms with Gasteiger partial charge in [0.05, 0.1) is 0 Å². The lowest BCUT2D eigenvalue weighted by Crippen LogP contribution is -1.91. The van der Waals surface area contributed by atoms with Crippen LogP contribution < -0.4 is 0 Å². The van der Waals surface area contributed by atoms with Crippen LogP contribution in [-0.4, -0.2) is 0 Å². The van der Waals surface area contributed by atoms with Crippen molar-refractivity contribution in [1.82, 2.24) is 0 Å². The summed E-state index contributed by atoms with van der Waals surface area (Å²) in [5, 5.41) is 0. The summed E-state index contributed by atoms with van der Waals surface area (Å²) >= 11 is 0. The smallest absolute Gasteiger partial charge is 0.0230 e. The van der Waals surface area contributed by atoms with Crippen molar-refractivity contribution in [3.63, 3.8) is 0 Å². The quantitative estimate of drug-likeness (QED) is 0.324. The van der Waals surface area contributed by atoms with Crippen LogP contribution in [0.4, 0.5) is 0 Å². The lowest BCUT2D eigenvalue weighted by atomic mass is 9.99. The Balaban J connectivity index is 1.48. The third-order valence-corrected chi connectivity index (χ3v) is 5.19. The molecule has 2 aromatic rings. The molecule has 0 aliphatic rings. The molecule has 0 bridgehead atoms. The van der Waals surface area contributed by atoms with Crippen LogP contribution in [0.1, 0.15) is 73.6 Å². The standard InChI is InChI=1S/C26H34/c1-3-23-17-13-15-21-25(23)19-11-9-7-5-6-8-10-12-20-26-22-16-14-18-24(26)4-2/h3-4,13-18,21-22H,1-2,5-12,19-20H2. The van der Waals surface area contributed by atoms with E-state index in [1.165, 1.54) is 86.5 Å². The van der Waals surface area contributed by atoms with E-state index in [2.05, 4.69) is 61.7 Å². The van der Waals surface area contributed by atoms with Gasteiger partial charge in [0.25, 0.3) is 0 Å². The molecule has 0 saturated heterocycles. The summed E-state index contributed by atoms with van der Waals surface area (Å²) in [5.41, 5.74) is 5.49. The van der Waals surface area contributed by atoms with E-state index in [0.717, 1.165) is 0 Å². The van der Waals surface area contributed by atoms with Crippen LogP contribution in [0.3, 0.4) is 0 Å². The van der Waals surface area contributed by atoms with E-state index in [1.807, 2.05) is 12.2 Å². The maximum atomic E-state index is 3.91. The van der Waals surface area contributed by atoms with Gasteiger partial charge in [-0.15, -0.1) is 0 Å². The van der Waals surface area contributed by atoms with Crippen LogP contribution in [0, 0.1) is 0 Å². The highest BCUT2D eigenvalue weighted by Crippen LogP contribution is 2.17. The van der Waals surface area contributed by atoms with Gasteiger partial charge in [0.2, 0.25) is 0 Å². The van der Waals surface area contributed by atoms with Crippen LogP contribution in [0.25, 0.3) is 12.2 Å². The Morgan fingerprint density at radius 3 is 1.23 bits per heavy atom. The molecular formula is C26H34. The maximum absolute atomic E-state index is 3.91. The first-order chi connectivity index (χ1) is 12.8. The van der Waals surface area contributed by atoms with Crippen molar-refractivity contribution in [3.05, 3.63) is 83.9 Å². The molecule has 0 aliphatic heterocycles. The van der Waals surface area contributed by atoms with Crippen LogP contribution in [0.5, 0.6) is 0 Å². The molecule has 0 heteroatoms. The topological polar surface area (TPSA) is 0 Å². The highest BCUT2D eigenvalue weighted by atomic mass is 14.1. The number of hydrogen-bond donors (Lipinski definition) is 0. The van der Waals surface area contributed by atoms with Crippen LogP contribution in [0.2, 0.25) is 0 Å². The molecule has 0 aromatic heterocycles. The molecule has 0 fully saturated rings. The molecule has 0 saturated carbocycles. The van der Waals surface area contributed by atoms with Gasteiger partial charge in [-0.3, -0.25) is 0 Å². The van der Waals surface area contributed by atoms with Gasteiger partial charge in [0.15, 0.2) is 0 Å². The molecule has 0 aliphatic carbocycles. The van der Waals surface area contributed by atoms with E-state index >= 15 is 0 Å². The van der Waals surface area contributed by atoms with Gasteiger partial charge in [-0.05, 0) is 47.9 Å². The van der Waals surface area contributed by atoms with Gasteiger partial charge in [-0.25, -0.2) is 0 Å². The van der Waals surface area contributed by atoms with Gasteiger partial charge < -0.3 is 0 Å². The molecule has 2 aromatic carbocycles. The number of aryl methyl sites for hydroxylation is 2. The highest BCUT2D eigenvalue weighted by molar-refractivity contribution is 5.52. The first kappa shape index (κ1) is 20.2. The van der Waals surface area contributed by atoms with E-state index in [-0.39, 0.29) is 0 Å². The van der Waals surface area contributed by atoms with Crippen LogP contribution in [0.15, 0.2) is 61.7 Å². The lowest BCUT2D eigenvalue weighted by molar-refractivity contribution is 0.567. The Morgan fingerprint density at radius 2 is 0.846 bits per heavy atom. The molecule has 2 rings (SSSR count). The molecular weight excluding hydrogens is 312 g/mol. The van der Waals surface area contributed by atoms with E-state index in [1.54, 1.807) is 0 Å². The second-order valence-corrected chi connectivity index (χ2v) is 7.13. The third kappa shape index (κ3) is 7.04. The van der Waals surface area contributed by atoms with Crippen LogP contribution in [-0.2, 0) is 12.8 Å². The van der Waals surface area contributed by atoms with Crippen molar-refractivity contribution in [2.75, 3.05) is 0 Å². The van der Waals surface area contributed by atoms with Crippen molar-refractivity contribution in [2.45, 2.75) is 64.2 Å². The number of rotatable bonds is 13. The van der Waals surface area contributed by atoms with Gasteiger partial charge in [0, 0.05) is 0 Å². The molecule has 0 unspecified atom stereocenters. The predicted octanol–water partition coefficient (Wildman–Crippen LogP) is 7.88. The molecule has 0 nitrogen and oxygen atoms in total. The Hall–Kier alpha value is -2.08. The SMILES string of the molecule is C=Cc1ccccc1CCCCCCCCCCc1ccccc1C=C. The summed E-state index contributed by atoms with van der Waals surface area (Å²) in [6, 6.07) is 17.3. The molecule has 0 atom stereocenters. The number of hydrogen-bond acceptors (Lipinski definition) is 0. The van der Waals surface area contributed by atoms with E-state index in [0.29, 0.717) is 0 Å². The van der Waals surface area contributed by atoms with Crippen molar-refractivity contribution >= 4 is 12.2 Å². The summed E-state index contributed by atoms with van der Waals surface area (Å²) in [7, 11) is 0. The Labute approximate surface area is 160 Å². The van der Waals surface area contributed by atoms with Crippen LogP contribution >= 0.6 is 0 Å². The molecule has 0 spiro atoms. The molecule has 26 heavy (non-hydrogen) atoms. The largest absolute Gasteiger partial charge is 0.0985 e. The van der Waals surface area contributed by atoms with Crippen molar-refractivity contribution in [2.24, 2.45) is 0 Å². The Kier molecular flexibility index (Phi) is 9.57. The summed E-state index contributed by atoms with van der Waals surface area (Å²) < 4.78 is 0. The van der Waals surface area contributed by atoms with Gasteiger partial charge in [-0.1, -0.05) is 112 Å². The fourth-order valence-electron chi connectivity index (χ4n) is 3.61. The monoisotopic (exact) mass is 346 g/mol. The Bertz CT molecular complexity index is 606. The summed E-state index contributed by atoms with van der Waals surface area (Å²) in [5.74, 6) is 0. The van der Waals surface area contributed by atoms with Crippen molar-refractivity contribution < 1.29 is 0 Å². The third-order valence-electron chi connectivity index (χ3n) is 5.19. The summed E-state index contributed by atoms with van der Waals surface area (Å²) in [4.78, 5) is 0. The van der Waals surface area contributed by atoms with Crippen molar-refractivity contribution in [3.8, 4) is 0 Å². The average Bonchev–Trinajstić information content (AvgIpc) is 2.70. The van der Waals surface area contributed by atoms with Gasteiger partial charge in [-0.2, -0.15) is 0 Å². The maximum Gasteiger partial charge on any atom is -0.0230 e. The first-order valence-electron chi connectivity index (χ1n) is 10.3. The minimum atomic E-state index is 1.19. The molecule has 0 radical (unpaired) electrons. The zero-order valence-corrected chi connectivity index (χ0v) is 16.3. The van der Waals surface area contributed by atoms with Gasteiger partial charge >= 0.3 is 0 Å². The van der Waals surface area contributed by atoms with E-state index < -0.39 is 0 Å². The molecule has 138 valence electrons. The number of benzene rings is 2. The number of unbranched alkanes of at least 4 members (excludes halogenated alkanes) is 7. The van der Waals surface area contributed by atoms with E-state index in [9.17, 15) is 0 Å². The second-order valence-electron chi connectivity index (χ2n) is 7.13. The predicted molar refractivity (Wildman–Crippen MR) is 117 cm³/mol. The first-order valence-corrected chi connectivity index (χ1v) is 10.3. The minimum absolute atomic E-state index is 1.19. The normalized spacial score (nSPS) is 10.6. The molecule has 0 amide bonds. The molecule has 0 heterocycles. The summed E-state index contributed by atoms with van der Waals surface area (Å²) in [6.07, 6.45) is 17.1. The second kappa shape index (κ2) is 12.3. The Morgan fingerprint density at radius 1 is 0.500 bits per heavy atom. The zero-order valence-electron chi connectivity index (χ0n) is 16.3. The lowest BCUT2D eigenvalue weighted by Gasteiger charge is -2.07. The van der Waals surface area contributed by atoms with Gasteiger partial charge in [0.1, 0.15) is 0 Å². The fraction of sp³-hybridized carbons (Fsp3) is 0.385. The summed E-state index contributed by atoms with van der Waals surface area (Å²) in [6.45, 7) is 7.82.